The first-order chi connectivity index (χ1) is 9.88. The molecule has 1 aromatic carbocycles. The van der Waals surface area contributed by atoms with Gasteiger partial charge in [0.1, 0.15) is 11.6 Å². The van der Waals surface area contributed by atoms with Crippen molar-refractivity contribution in [3.05, 3.63) is 56.7 Å². The van der Waals surface area contributed by atoms with E-state index in [1.165, 1.54) is 6.07 Å². The molecule has 0 aliphatic heterocycles. The van der Waals surface area contributed by atoms with E-state index in [1.54, 1.807) is 38.1 Å². The fourth-order valence-electron chi connectivity index (χ4n) is 2.15. The highest BCUT2D eigenvalue weighted by Gasteiger charge is 2.10. The van der Waals surface area contributed by atoms with E-state index < -0.39 is 5.69 Å². The van der Waals surface area contributed by atoms with Gasteiger partial charge in [-0.25, -0.2) is 4.79 Å². The monoisotopic (exact) mass is 289 g/mol. The first-order valence-electron chi connectivity index (χ1n) is 6.80. The van der Waals surface area contributed by atoms with Crippen LogP contribution in [0.15, 0.2) is 39.9 Å². The maximum absolute atomic E-state index is 11.9. The van der Waals surface area contributed by atoms with Crippen molar-refractivity contribution in [1.82, 2.24) is 9.55 Å². The van der Waals surface area contributed by atoms with E-state index in [9.17, 15) is 14.7 Å². The Morgan fingerprint density at radius 3 is 2.29 bits per heavy atom. The molecule has 2 rings (SSSR count). The number of H-pyrrole nitrogens is 1. The summed E-state index contributed by atoms with van der Waals surface area (Å²) < 4.78 is 1.16. The highest BCUT2D eigenvalue weighted by molar-refractivity contribution is 5.38. The number of phenolic OH excluding ortho intramolecular Hbond substituents is 1. The molecule has 0 bridgehead atoms. The Kier molecular flexibility index (Phi) is 4.16. The lowest BCUT2D eigenvalue weighted by molar-refractivity contribution is 0.475. The largest absolute Gasteiger partial charge is 0.508 e. The second kappa shape index (κ2) is 5.87. The fraction of sp³-hybridized carbons (Fsp3) is 0.333. The van der Waals surface area contributed by atoms with Crippen LogP contribution in [0.4, 0.5) is 5.82 Å². The minimum Gasteiger partial charge on any atom is -0.508 e. The summed E-state index contributed by atoms with van der Waals surface area (Å²) in [6.07, 6.45) is 0. The normalized spacial score (nSPS) is 12.4. The Bertz CT molecular complexity index is 698. The van der Waals surface area contributed by atoms with Crippen LogP contribution in [-0.2, 0) is 0 Å². The maximum atomic E-state index is 11.9. The average Bonchev–Trinajstić information content (AvgIpc) is 2.37. The molecular formula is C15H19N3O3. The molecule has 0 unspecified atom stereocenters. The van der Waals surface area contributed by atoms with Gasteiger partial charge in [-0.3, -0.25) is 14.3 Å². The molecule has 1 atom stereocenters. The van der Waals surface area contributed by atoms with Gasteiger partial charge in [-0.15, -0.1) is 0 Å². The summed E-state index contributed by atoms with van der Waals surface area (Å²) >= 11 is 0. The number of aromatic hydroxyl groups is 1. The van der Waals surface area contributed by atoms with Crippen molar-refractivity contribution in [3.63, 3.8) is 0 Å². The molecular weight excluding hydrogens is 270 g/mol. The van der Waals surface area contributed by atoms with Crippen molar-refractivity contribution in [2.45, 2.75) is 32.9 Å². The van der Waals surface area contributed by atoms with Gasteiger partial charge < -0.3 is 10.4 Å². The zero-order chi connectivity index (χ0) is 15.6. The van der Waals surface area contributed by atoms with Crippen molar-refractivity contribution in [3.8, 4) is 5.75 Å². The van der Waals surface area contributed by atoms with Gasteiger partial charge in [0.05, 0.1) is 0 Å². The van der Waals surface area contributed by atoms with E-state index in [2.05, 4.69) is 10.3 Å². The van der Waals surface area contributed by atoms with Crippen LogP contribution in [0.1, 0.15) is 38.4 Å². The van der Waals surface area contributed by atoms with Gasteiger partial charge in [-0.1, -0.05) is 12.1 Å². The molecule has 0 radical (unpaired) electrons. The topological polar surface area (TPSA) is 87.1 Å². The molecule has 21 heavy (non-hydrogen) atoms. The number of aromatic amines is 1. The Balaban J connectivity index is 2.26. The van der Waals surface area contributed by atoms with Crippen LogP contribution in [0.3, 0.4) is 0 Å². The Labute approximate surface area is 122 Å². The summed E-state index contributed by atoms with van der Waals surface area (Å²) in [7, 11) is 0. The molecule has 0 saturated heterocycles. The molecule has 0 saturated carbocycles. The minimum atomic E-state index is -0.432. The lowest BCUT2D eigenvalue weighted by Crippen LogP contribution is -2.36. The summed E-state index contributed by atoms with van der Waals surface area (Å²) in [6.45, 7) is 5.46. The van der Waals surface area contributed by atoms with Crippen LogP contribution in [0.2, 0.25) is 0 Å². The molecule has 2 aromatic rings. The number of hydrogen-bond acceptors (Lipinski definition) is 4. The number of nitrogens with one attached hydrogen (secondary N) is 2. The summed E-state index contributed by atoms with van der Waals surface area (Å²) in [5, 5.41) is 12.3. The van der Waals surface area contributed by atoms with E-state index in [1.807, 2.05) is 6.92 Å². The van der Waals surface area contributed by atoms with Crippen LogP contribution in [0, 0.1) is 0 Å². The minimum absolute atomic E-state index is 0.115. The predicted octanol–water partition coefficient (Wildman–Crippen LogP) is 2.00. The average molecular weight is 289 g/mol. The number of hydrogen-bond donors (Lipinski definition) is 3. The molecule has 0 fully saturated rings. The molecule has 0 amide bonds. The van der Waals surface area contributed by atoms with Crippen LogP contribution in [0.5, 0.6) is 5.75 Å². The Morgan fingerprint density at radius 1 is 1.14 bits per heavy atom. The molecule has 112 valence electrons. The number of aromatic nitrogens is 2. The Hall–Kier alpha value is -2.50. The van der Waals surface area contributed by atoms with Gasteiger partial charge in [0, 0.05) is 18.2 Å². The smallest absolute Gasteiger partial charge is 0.330 e. The molecule has 6 nitrogen and oxygen atoms in total. The lowest BCUT2D eigenvalue weighted by atomic mass is 10.1. The van der Waals surface area contributed by atoms with Crippen LogP contribution in [-0.4, -0.2) is 14.7 Å². The number of nitrogens with zero attached hydrogens (tertiary/aromatic N) is 1. The van der Waals surface area contributed by atoms with Gasteiger partial charge in [-0.2, -0.15) is 0 Å². The highest BCUT2D eigenvalue weighted by atomic mass is 16.3. The Morgan fingerprint density at radius 2 is 1.76 bits per heavy atom. The van der Waals surface area contributed by atoms with Crippen LogP contribution in [0.25, 0.3) is 0 Å². The van der Waals surface area contributed by atoms with Gasteiger partial charge in [0.25, 0.3) is 5.56 Å². The van der Waals surface area contributed by atoms with Crippen molar-refractivity contribution in [2.75, 3.05) is 5.32 Å². The molecule has 0 aliphatic carbocycles. The molecule has 6 heteroatoms. The standard InChI is InChI=1S/C15H19N3O3/c1-9(2)18-14(20)8-13(17-15(18)21)16-10(3)11-4-6-12(19)7-5-11/h4-10,16,19H,1-3H3,(H,17,21)/t10-/m0/s1. The second-order valence-corrected chi connectivity index (χ2v) is 5.25. The molecule has 3 N–H and O–H groups in total. The zero-order valence-corrected chi connectivity index (χ0v) is 12.3. The SMILES string of the molecule is CC(C)n1c(=O)cc(N[C@@H](C)c2ccc(O)cc2)[nH]c1=O. The van der Waals surface area contributed by atoms with Gasteiger partial charge in [0.15, 0.2) is 0 Å². The van der Waals surface area contributed by atoms with E-state index in [0.29, 0.717) is 5.82 Å². The van der Waals surface area contributed by atoms with Gasteiger partial charge >= 0.3 is 5.69 Å². The van der Waals surface area contributed by atoms with E-state index in [0.717, 1.165) is 10.1 Å². The van der Waals surface area contributed by atoms with Crippen molar-refractivity contribution >= 4 is 5.82 Å². The van der Waals surface area contributed by atoms with Crippen LogP contribution < -0.4 is 16.6 Å². The molecule has 0 spiro atoms. The summed E-state index contributed by atoms with van der Waals surface area (Å²) in [4.78, 5) is 26.5. The quantitative estimate of drug-likeness (QED) is 0.803. The molecule has 0 aliphatic rings. The number of anilines is 1. The maximum Gasteiger partial charge on any atom is 0.330 e. The molecule has 1 aromatic heterocycles. The third-order valence-corrected chi connectivity index (χ3v) is 3.25. The van der Waals surface area contributed by atoms with Crippen molar-refractivity contribution < 1.29 is 5.11 Å². The third kappa shape index (κ3) is 3.34. The van der Waals surface area contributed by atoms with Crippen molar-refractivity contribution in [1.29, 1.82) is 0 Å². The van der Waals surface area contributed by atoms with Crippen LogP contribution >= 0.6 is 0 Å². The fourth-order valence-corrected chi connectivity index (χ4v) is 2.15. The third-order valence-electron chi connectivity index (χ3n) is 3.25. The van der Waals surface area contributed by atoms with Gasteiger partial charge in [0.2, 0.25) is 0 Å². The second-order valence-electron chi connectivity index (χ2n) is 5.25. The van der Waals surface area contributed by atoms with E-state index in [4.69, 9.17) is 0 Å². The zero-order valence-electron chi connectivity index (χ0n) is 12.3. The number of benzene rings is 1. The first-order valence-corrected chi connectivity index (χ1v) is 6.80. The highest BCUT2D eigenvalue weighted by Crippen LogP contribution is 2.19. The summed E-state index contributed by atoms with van der Waals surface area (Å²) in [5.74, 6) is 0.571. The van der Waals surface area contributed by atoms with Crippen molar-refractivity contribution in [2.24, 2.45) is 0 Å². The van der Waals surface area contributed by atoms with Gasteiger partial charge in [-0.05, 0) is 38.5 Å². The molecule has 1 heterocycles. The summed E-state index contributed by atoms with van der Waals surface area (Å²) in [5.41, 5.74) is 0.161. The first kappa shape index (κ1) is 14.9. The number of phenols is 1. The predicted molar refractivity (Wildman–Crippen MR) is 81.9 cm³/mol. The summed E-state index contributed by atoms with van der Waals surface area (Å²) in [6, 6.07) is 7.81. The van der Waals surface area contributed by atoms with E-state index >= 15 is 0 Å². The number of rotatable bonds is 4. The lowest BCUT2D eigenvalue weighted by Gasteiger charge is -2.16. The van der Waals surface area contributed by atoms with E-state index in [-0.39, 0.29) is 23.4 Å².